The van der Waals surface area contributed by atoms with Crippen LogP contribution < -0.4 is 10.9 Å². The van der Waals surface area contributed by atoms with E-state index in [-0.39, 0.29) is 23.8 Å². The van der Waals surface area contributed by atoms with E-state index in [0.717, 1.165) is 16.7 Å². The average molecular weight is 417 g/mol. The Kier molecular flexibility index (Phi) is 5.29. The number of Topliss-reactive ketones (excluding diaryl/α,β-unsaturated/α-hetero) is 1. The van der Waals surface area contributed by atoms with Gasteiger partial charge in [-0.25, -0.2) is 4.98 Å². The first kappa shape index (κ1) is 19.7. The maximum atomic E-state index is 12.9. The molecule has 2 aromatic heterocycles. The van der Waals surface area contributed by atoms with Gasteiger partial charge in [0.15, 0.2) is 5.78 Å². The number of ketones is 1. The topological polar surface area (TPSA) is 81.1 Å². The first-order valence-corrected chi connectivity index (χ1v) is 10.2. The van der Waals surface area contributed by atoms with Crippen LogP contribution in [-0.4, -0.2) is 21.2 Å². The molecule has 0 aliphatic rings. The van der Waals surface area contributed by atoms with Crippen molar-refractivity contribution in [3.05, 3.63) is 81.7 Å². The minimum absolute atomic E-state index is 0.0419. The highest BCUT2D eigenvalue weighted by Crippen LogP contribution is 2.30. The van der Waals surface area contributed by atoms with Crippen LogP contribution >= 0.6 is 11.3 Å². The zero-order valence-corrected chi connectivity index (χ0v) is 17.3. The molecule has 4 aromatic rings. The molecule has 1 N–H and O–H groups in total. The molecule has 2 aromatic carbocycles. The van der Waals surface area contributed by atoms with Crippen molar-refractivity contribution in [3.63, 3.8) is 0 Å². The Bertz CT molecular complexity index is 1300. The molecule has 4 rings (SSSR count). The van der Waals surface area contributed by atoms with Crippen LogP contribution in [-0.2, 0) is 11.3 Å². The van der Waals surface area contributed by atoms with Gasteiger partial charge in [-0.15, -0.1) is 11.3 Å². The van der Waals surface area contributed by atoms with Gasteiger partial charge in [-0.1, -0.05) is 29.8 Å². The predicted octanol–water partition coefficient (Wildman–Crippen LogP) is 4.27. The number of nitrogens with zero attached hydrogens (tertiary/aromatic N) is 2. The minimum atomic E-state index is -0.343. The van der Waals surface area contributed by atoms with Crippen LogP contribution in [0.5, 0.6) is 0 Å². The van der Waals surface area contributed by atoms with Gasteiger partial charge in [0.1, 0.15) is 11.2 Å². The molecule has 30 heavy (non-hydrogen) atoms. The maximum absolute atomic E-state index is 12.9. The van der Waals surface area contributed by atoms with Gasteiger partial charge in [-0.05, 0) is 43.7 Å². The second-order valence-corrected chi connectivity index (χ2v) is 7.93. The molecule has 0 fully saturated rings. The van der Waals surface area contributed by atoms with E-state index in [1.807, 2.05) is 36.6 Å². The molecule has 0 aliphatic carbocycles. The third-order valence-corrected chi connectivity index (χ3v) is 5.76. The Morgan fingerprint density at radius 1 is 1.07 bits per heavy atom. The quantitative estimate of drug-likeness (QED) is 0.492. The van der Waals surface area contributed by atoms with E-state index < -0.39 is 0 Å². The largest absolute Gasteiger partial charge is 0.325 e. The maximum Gasteiger partial charge on any atom is 0.271 e. The van der Waals surface area contributed by atoms with Crippen molar-refractivity contribution in [2.45, 2.75) is 20.4 Å². The number of carbonyl (C=O) groups excluding carboxylic acids is 2. The zero-order valence-electron chi connectivity index (χ0n) is 16.5. The standard InChI is InChI=1S/C23H19N3O3S/c1-14-3-5-17(6-4-14)19-12-30-22-21(19)24-13-26(23(22)29)11-20(28)25-18-9-7-16(8-10-18)15(2)27/h3-10,12-13H,11H2,1-2H3,(H,25,28). The number of amides is 1. The summed E-state index contributed by atoms with van der Waals surface area (Å²) in [5, 5.41) is 4.66. The summed E-state index contributed by atoms with van der Waals surface area (Å²) in [5.74, 6) is -0.385. The number of fused-ring (bicyclic) bond motifs is 1. The molecule has 1 amide bonds. The smallest absolute Gasteiger partial charge is 0.271 e. The molecule has 0 spiro atoms. The number of thiophene rings is 1. The highest BCUT2D eigenvalue weighted by molar-refractivity contribution is 7.17. The molecule has 150 valence electrons. The summed E-state index contributed by atoms with van der Waals surface area (Å²) in [4.78, 5) is 41.0. The van der Waals surface area contributed by atoms with E-state index in [4.69, 9.17) is 0 Å². The summed E-state index contributed by atoms with van der Waals surface area (Å²) in [7, 11) is 0. The summed E-state index contributed by atoms with van der Waals surface area (Å²) in [6, 6.07) is 14.7. The van der Waals surface area contributed by atoms with Gasteiger partial charge in [-0.3, -0.25) is 19.0 Å². The SMILES string of the molecule is CC(=O)c1ccc(NC(=O)Cn2cnc3c(-c4ccc(C)cc4)csc3c2=O)cc1. The second-order valence-electron chi connectivity index (χ2n) is 7.05. The highest BCUT2D eigenvalue weighted by Gasteiger charge is 2.14. The lowest BCUT2D eigenvalue weighted by Gasteiger charge is -2.08. The summed E-state index contributed by atoms with van der Waals surface area (Å²) in [6.07, 6.45) is 1.41. The minimum Gasteiger partial charge on any atom is -0.325 e. The highest BCUT2D eigenvalue weighted by atomic mass is 32.1. The molecule has 0 bridgehead atoms. The fourth-order valence-electron chi connectivity index (χ4n) is 3.14. The van der Waals surface area contributed by atoms with Crippen molar-refractivity contribution in [3.8, 4) is 11.1 Å². The lowest BCUT2D eigenvalue weighted by molar-refractivity contribution is -0.116. The van der Waals surface area contributed by atoms with Crippen molar-refractivity contribution in [1.29, 1.82) is 0 Å². The van der Waals surface area contributed by atoms with E-state index in [9.17, 15) is 14.4 Å². The van der Waals surface area contributed by atoms with Gasteiger partial charge >= 0.3 is 0 Å². The average Bonchev–Trinajstić information content (AvgIpc) is 3.16. The Morgan fingerprint density at radius 2 is 1.77 bits per heavy atom. The number of anilines is 1. The lowest BCUT2D eigenvalue weighted by Crippen LogP contribution is -2.27. The zero-order chi connectivity index (χ0) is 21.3. The fourth-order valence-corrected chi connectivity index (χ4v) is 4.11. The van der Waals surface area contributed by atoms with Gasteiger partial charge in [0.2, 0.25) is 5.91 Å². The Morgan fingerprint density at radius 3 is 2.43 bits per heavy atom. The van der Waals surface area contributed by atoms with Crippen LogP contribution in [0.4, 0.5) is 5.69 Å². The number of rotatable bonds is 5. The summed E-state index contributed by atoms with van der Waals surface area (Å²) < 4.78 is 1.82. The summed E-state index contributed by atoms with van der Waals surface area (Å²) in [5.41, 5.74) is 4.61. The molecular formula is C23H19N3O3S. The molecule has 2 heterocycles. The van der Waals surface area contributed by atoms with E-state index >= 15 is 0 Å². The number of hydrogen-bond acceptors (Lipinski definition) is 5. The van der Waals surface area contributed by atoms with Crippen LogP contribution in [0.2, 0.25) is 0 Å². The second kappa shape index (κ2) is 8.04. The van der Waals surface area contributed by atoms with Crippen LogP contribution in [0.3, 0.4) is 0 Å². The number of hydrogen-bond donors (Lipinski definition) is 1. The monoisotopic (exact) mass is 417 g/mol. The van der Waals surface area contributed by atoms with Crippen LogP contribution in [0.15, 0.2) is 65.0 Å². The predicted molar refractivity (Wildman–Crippen MR) is 119 cm³/mol. The number of nitrogens with one attached hydrogen (secondary N) is 1. The van der Waals surface area contributed by atoms with Crippen LogP contribution in [0.25, 0.3) is 21.3 Å². The summed E-state index contributed by atoms with van der Waals surface area (Å²) >= 11 is 1.33. The van der Waals surface area contributed by atoms with Gasteiger partial charge in [0.25, 0.3) is 5.56 Å². The molecule has 0 saturated heterocycles. The van der Waals surface area contributed by atoms with E-state index in [0.29, 0.717) is 21.5 Å². The third-order valence-electron chi connectivity index (χ3n) is 4.80. The molecule has 0 atom stereocenters. The lowest BCUT2D eigenvalue weighted by atomic mass is 10.1. The van der Waals surface area contributed by atoms with Gasteiger partial charge in [0, 0.05) is 22.2 Å². The Balaban J connectivity index is 1.55. The van der Waals surface area contributed by atoms with Crippen molar-refractivity contribution in [2.75, 3.05) is 5.32 Å². The van der Waals surface area contributed by atoms with Crippen molar-refractivity contribution in [2.24, 2.45) is 0 Å². The molecule has 0 saturated carbocycles. The summed E-state index contributed by atoms with van der Waals surface area (Å²) in [6.45, 7) is 3.36. The van der Waals surface area contributed by atoms with Crippen LogP contribution in [0.1, 0.15) is 22.8 Å². The number of aromatic nitrogens is 2. The molecule has 7 heteroatoms. The van der Waals surface area contributed by atoms with Gasteiger partial charge in [0.05, 0.1) is 11.8 Å². The third kappa shape index (κ3) is 3.92. The first-order valence-electron chi connectivity index (χ1n) is 9.37. The van der Waals surface area contributed by atoms with Gasteiger partial charge in [-0.2, -0.15) is 0 Å². The van der Waals surface area contributed by atoms with Gasteiger partial charge < -0.3 is 5.32 Å². The van der Waals surface area contributed by atoms with Crippen LogP contribution in [0, 0.1) is 6.92 Å². The van der Waals surface area contributed by atoms with E-state index in [1.54, 1.807) is 24.3 Å². The molecule has 6 nitrogen and oxygen atoms in total. The first-order chi connectivity index (χ1) is 14.4. The molecular weight excluding hydrogens is 398 g/mol. The number of benzene rings is 2. The fraction of sp³-hybridized carbons (Fsp3) is 0.130. The number of aryl methyl sites for hydroxylation is 1. The Labute approximate surface area is 176 Å². The Hall–Kier alpha value is -3.58. The molecule has 0 unspecified atom stereocenters. The van der Waals surface area contributed by atoms with E-state index in [2.05, 4.69) is 10.3 Å². The normalized spacial score (nSPS) is 10.9. The van der Waals surface area contributed by atoms with Crippen molar-refractivity contribution in [1.82, 2.24) is 9.55 Å². The van der Waals surface area contributed by atoms with E-state index in [1.165, 1.54) is 29.2 Å². The molecule has 0 aliphatic heterocycles. The molecule has 0 radical (unpaired) electrons. The van der Waals surface area contributed by atoms with Crippen molar-refractivity contribution >= 4 is 38.9 Å². The van der Waals surface area contributed by atoms with Crippen molar-refractivity contribution < 1.29 is 9.59 Å². The number of carbonyl (C=O) groups is 2.